The molecule has 0 saturated heterocycles. The molecular weight excluding hydrogens is 425 g/mol. The quantitative estimate of drug-likeness (QED) is 0.516. The largest absolute Gasteiger partial charge is 0.456 e. The number of esters is 1. The first-order valence-corrected chi connectivity index (χ1v) is 10.2. The Morgan fingerprint density at radius 3 is 2.63 bits per heavy atom. The fraction of sp³-hybridized carbons (Fsp3) is 0.227. The van der Waals surface area contributed by atoms with Gasteiger partial charge in [-0.05, 0) is 48.7 Å². The van der Waals surface area contributed by atoms with Crippen molar-refractivity contribution in [3.63, 3.8) is 0 Å². The number of aromatic nitrogens is 2. The molecule has 0 aliphatic carbocycles. The average Bonchev–Trinajstić information content (AvgIpc) is 3.22. The van der Waals surface area contributed by atoms with Crippen LogP contribution in [0.1, 0.15) is 30.5 Å². The van der Waals surface area contributed by atoms with Crippen molar-refractivity contribution in [2.75, 3.05) is 6.61 Å². The summed E-state index contributed by atoms with van der Waals surface area (Å²) in [7, 11) is 0. The molecule has 0 aliphatic rings. The lowest BCUT2D eigenvalue weighted by Gasteiger charge is -2.15. The van der Waals surface area contributed by atoms with Crippen molar-refractivity contribution in [1.82, 2.24) is 15.1 Å². The van der Waals surface area contributed by atoms with Crippen LogP contribution in [0.4, 0.5) is 0 Å². The lowest BCUT2D eigenvalue weighted by Crippen LogP contribution is -2.31. The molecule has 0 fully saturated rings. The third kappa shape index (κ3) is 6.08. The molecule has 0 bridgehead atoms. The predicted octanol–water partition coefficient (Wildman–Crippen LogP) is 4.53. The Morgan fingerprint density at radius 2 is 1.90 bits per heavy atom. The summed E-state index contributed by atoms with van der Waals surface area (Å²) in [6, 6.07) is 14.5. The first-order valence-electron chi connectivity index (χ1n) is 9.41. The minimum absolute atomic E-state index is 0.163. The smallest absolute Gasteiger partial charge is 0.306 e. The van der Waals surface area contributed by atoms with Gasteiger partial charge in [0.15, 0.2) is 6.61 Å². The number of ether oxygens (including phenoxy) is 1. The molecule has 30 heavy (non-hydrogen) atoms. The number of hydrogen-bond donors (Lipinski definition) is 1. The summed E-state index contributed by atoms with van der Waals surface area (Å²) in [5.41, 5.74) is 2.66. The van der Waals surface area contributed by atoms with Gasteiger partial charge in [0.25, 0.3) is 5.91 Å². The van der Waals surface area contributed by atoms with Gasteiger partial charge in [0.2, 0.25) is 0 Å². The van der Waals surface area contributed by atoms with E-state index in [1.165, 1.54) is 0 Å². The Labute approximate surface area is 184 Å². The molecule has 0 radical (unpaired) electrons. The van der Waals surface area contributed by atoms with E-state index in [4.69, 9.17) is 27.9 Å². The van der Waals surface area contributed by atoms with Crippen molar-refractivity contribution >= 4 is 35.1 Å². The number of nitrogens with one attached hydrogen (secondary N) is 1. The number of para-hydroxylation sites is 1. The number of aryl methyl sites for hydroxylation is 1. The van der Waals surface area contributed by atoms with E-state index in [0.717, 1.165) is 16.8 Å². The second kappa shape index (κ2) is 10.3. The SMILES string of the molecule is CC(NC(=O)COC(=O)CCc1cnn(-c2ccccc2)c1)c1ccc(Cl)c(Cl)c1. The summed E-state index contributed by atoms with van der Waals surface area (Å²) >= 11 is 11.9. The van der Waals surface area contributed by atoms with E-state index in [-0.39, 0.29) is 25.0 Å². The van der Waals surface area contributed by atoms with E-state index >= 15 is 0 Å². The molecule has 0 spiro atoms. The second-order valence-electron chi connectivity index (χ2n) is 6.75. The highest BCUT2D eigenvalue weighted by Crippen LogP contribution is 2.25. The van der Waals surface area contributed by atoms with Gasteiger partial charge in [0.05, 0.1) is 28.0 Å². The van der Waals surface area contributed by atoms with Crippen LogP contribution in [-0.2, 0) is 20.7 Å². The second-order valence-corrected chi connectivity index (χ2v) is 7.57. The van der Waals surface area contributed by atoms with Crippen LogP contribution in [0.25, 0.3) is 5.69 Å². The third-order valence-corrected chi connectivity index (χ3v) is 5.20. The van der Waals surface area contributed by atoms with Crippen molar-refractivity contribution in [3.05, 3.63) is 82.1 Å². The molecule has 156 valence electrons. The van der Waals surface area contributed by atoms with Gasteiger partial charge in [-0.2, -0.15) is 5.10 Å². The Bertz CT molecular complexity index is 1020. The van der Waals surface area contributed by atoms with Crippen LogP contribution >= 0.6 is 23.2 Å². The molecule has 3 aromatic rings. The zero-order chi connectivity index (χ0) is 21.5. The Hall–Kier alpha value is -2.83. The van der Waals surface area contributed by atoms with Crippen LogP contribution in [-0.4, -0.2) is 28.3 Å². The molecule has 8 heteroatoms. The fourth-order valence-electron chi connectivity index (χ4n) is 2.82. The fourth-order valence-corrected chi connectivity index (χ4v) is 3.13. The number of rotatable bonds is 8. The summed E-state index contributed by atoms with van der Waals surface area (Å²) in [6.45, 7) is 1.47. The van der Waals surface area contributed by atoms with Gasteiger partial charge >= 0.3 is 5.97 Å². The summed E-state index contributed by atoms with van der Waals surface area (Å²) in [5, 5.41) is 7.92. The Balaban J connectivity index is 1.41. The van der Waals surface area contributed by atoms with E-state index in [1.54, 1.807) is 29.1 Å². The van der Waals surface area contributed by atoms with E-state index < -0.39 is 5.97 Å². The average molecular weight is 446 g/mol. The van der Waals surface area contributed by atoms with Gasteiger partial charge in [-0.15, -0.1) is 0 Å². The zero-order valence-electron chi connectivity index (χ0n) is 16.3. The van der Waals surface area contributed by atoms with Gasteiger partial charge in [0.1, 0.15) is 0 Å². The van der Waals surface area contributed by atoms with Gasteiger partial charge in [-0.1, -0.05) is 47.5 Å². The number of amides is 1. The molecular formula is C22H21Cl2N3O3. The van der Waals surface area contributed by atoms with Gasteiger partial charge in [-0.3, -0.25) is 9.59 Å². The van der Waals surface area contributed by atoms with Crippen LogP contribution in [0.2, 0.25) is 10.0 Å². The van der Waals surface area contributed by atoms with E-state index in [2.05, 4.69) is 10.4 Å². The summed E-state index contributed by atoms with van der Waals surface area (Å²) in [6.07, 6.45) is 4.23. The maximum atomic E-state index is 12.1. The van der Waals surface area contributed by atoms with E-state index in [9.17, 15) is 9.59 Å². The van der Waals surface area contributed by atoms with Crippen LogP contribution in [0.15, 0.2) is 60.9 Å². The van der Waals surface area contributed by atoms with Crippen molar-refractivity contribution < 1.29 is 14.3 Å². The Morgan fingerprint density at radius 1 is 1.13 bits per heavy atom. The first-order chi connectivity index (χ1) is 14.4. The highest BCUT2D eigenvalue weighted by atomic mass is 35.5. The number of benzene rings is 2. The number of carbonyl (C=O) groups excluding carboxylic acids is 2. The zero-order valence-corrected chi connectivity index (χ0v) is 17.9. The van der Waals surface area contributed by atoms with Gasteiger partial charge in [-0.25, -0.2) is 4.68 Å². The van der Waals surface area contributed by atoms with Crippen molar-refractivity contribution in [3.8, 4) is 5.69 Å². The molecule has 3 rings (SSSR count). The lowest BCUT2D eigenvalue weighted by atomic mass is 10.1. The van der Waals surface area contributed by atoms with Crippen molar-refractivity contribution in [2.45, 2.75) is 25.8 Å². The van der Waals surface area contributed by atoms with Gasteiger partial charge in [0, 0.05) is 12.6 Å². The summed E-state index contributed by atoms with van der Waals surface area (Å²) in [4.78, 5) is 24.0. The third-order valence-electron chi connectivity index (χ3n) is 4.46. The summed E-state index contributed by atoms with van der Waals surface area (Å²) < 4.78 is 6.82. The molecule has 6 nitrogen and oxygen atoms in total. The highest BCUT2D eigenvalue weighted by molar-refractivity contribution is 6.42. The topological polar surface area (TPSA) is 73.2 Å². The van der Waals surface area contributed by atoms with Crippen LogP contribution in [0, 0.1) is 0 Å². The predicted molar refractivity (Wildman–Crippen MR) is 116 cm³/mol. The highest BCUT2D eigenvalue weighted by Gasteiger charge is 2.13. The summed E-state index contributed by atoms with van der Waals surface area (Å²) in [5.74, 6) is -0.835. The number of carbonyl (C=O) groups is 2. The molecule has 1 unspecified atom stereocenters. The molecule has 1 aromatic heterocycles. The molecule has 0 saturated carbocycles. The lowest BCUT2D eigenvalue weighted by molar-refractivity contribution is -0.148. The van der Waals surface area contributed by atoms with Gasteiger partial charge < -0.3 is 10.1 Å². The van der Waals surface area contributed by atoms with Crippen molar-refractivity contribution in [1.29, 1.82) is 0 Å². The molecule has 1 atom stereocenters. The molecule has 1 heterocycles. The molecule has 0 aliphatic heterocycles. The molecule has 2 aromatic carbocycles. The van der Waals surface area contributed by atoms with E-state index in [0.29, 0.717) is 16.5 Å². The number of hydrogen-bond acceptors (Lipinski definition) is 4. The first kappa shape index (κ1) is 21.9. The Kier molecular flexibility index (Phi) is 7.49. The minimum atomic E-state index is -0.445. The van der Waals surface area contributed by atoms with Crippen molar-refractivity contribution in [2.24, 2.45) is 0 Å². The molecule has 1 N–H and O–H groups in total. The maximum Gasteiger partial charge on any atom is 0.306 e. The number of halogens is 2. The number of nitrogens with zero attached hydrogens (tertiary/aromatic N) is 2. The monoisotopic (exact) mass is 445 g/mol. The van der Waals surface area contributed by atoms with E-state index in [1.807, 2.05) is 43.5 Å². The van der Waals surface area contributed by atoms with Crippen LogP contribution in [0.3, 0.4) is 0 Å². The molecule has 1 amide bonds. The van der Waals surface area contributed by atoms with Crippen LogP contribution in [0.5, 0.6) is 0 Å². The normalized spacial score (nSPS) is 11.7. The minimum Gasteiger partial charge on any atom is -0.456 e. The maximum absolute atomic E-state index is 12.1. The standard InChI is InChI=1S/C22H21Cl2N3O3/c1-15(17-8-9-19(23)20(24)11-17)26-21(28)14-30-22(29)10-7-16-12-25-27(13-16)18-5-3-2-4-6-18/h2-6,8-9,11-13,15H,7,10,14H2,1H3,(H,26,28). The van der Waals surface area contributed by atoms with Crippen LogP contribution < -0.4 is 5.32 Å².